The molecule has 1 heterocycles. The molecule has 0 bridgehead atoms. The van der Waals surface area contributed by atoms with Crippen LogP contribution in [0.1, 0.15) is 63.6 Å². The quantitative estimate of drug-likeness (QED) is 0.735. The van der Waals surface area contributed by atoms with Gasteiger partial charge in [0.1, 0.15) is 0 Å². The summed E-state index contributed by atoms with van der Waals surface area (Å²) in [7, 11) is 0. The van der Waals surface area contributed by atoms with Crippen LogP contribution in [0.2, 0.25) is 0 Å². The van der Waals surface area contributed by atoms with Crippen molar-refractivity contribution in [2.75, 3.05) is 6.54 Å². The second-order valence-corrected chi connectivity index (χ2v) is 5.11. The van der Waals surface area contributed by atoms with Crippen molar-refractivity contribution in [1.82, 2.24) is 15.1 Å². The zero-order valence-electron chi connectivity index (χ0n) is 11.0. The van der Waals surface area contributed by atoms with Gasteiger partial charge < -0.3 is 5.32 Å². The lowest BCUT2D eigenvalue weighted by Crippen LogP contribution is -2.15. The molecule has 1 aliphatic rings. The lowest BCUT2D eigenvalue weighted by Gasteiger charge is -2.08. The maximum Gasteiger partial charge on any atom is 0.0762 e. The SMILES string of the molecule is CCCCCNCc1ccn(C2CCCC2)n1. The summed E-state index contributed by atoms with van der Waals surface area (Å²) in [5, 5.41) is 8.13. The van der Waals surface area contributed by atoms with Crippen LogP contribution in [0.15, 0.2) is 12.3 Å². The highest BCUT2D eigenvalue weighted by atomic mass is 15.3. The van der Waals surface area contributed by atoms with Crippen LogP contribution in [-0.4, -0.2) is 16.3 Å². The lowest BCUT2D eigenvalue weighted by atomic mass is 10.2. The van der Waals surface area contributed by atoms with E-state index in [1.54, 1.807) is 0 Å². The molecule has 1 aromatic rings. The van der Waals surface area contributed by atoms with Gasteiger partial charge in [0, 0.05) is 12.7 Å². The van der Waals surface area contributed by atoms with Gasteiger partial charge in [0.25, 0.3) is 0 Å². The van der Waals surface area contributed by atoms with Crippen LogP contribution in [-0.2, 0) is 6.54 Å². The van der Waals surface area contributed by atoms with E-state index in [-0.39, 0.29) is 0 Å². The topological polar surface area (TPSA) is 29.9 Å². The molecule has 0 radical (unpaired) electrons. The molecule has 3 heteroatoms. The van der Waals surface area contributed by atoms with Crippen LogP contribution >= 0.6 is 0 Å². The Morgan fingerprint density at radius 1 is 1.35 bits per heavy atom. The fourth-order valence-corrected chi connectivity index (χ4v) is 2.56. The zero-order valence-corrected chi connectivity index (χ0v) is 11.0. The average molecular weight is 235 g/mol. The van der Waals surface area contributed by atoms with E-state index < -0.39 is 0 Å². The van der Waals surface area contributed by atoms with E-state index in [2.05, 4.69) is 34.3 Å². The number of unbranched alkanes of at least 4 members (excludes halogenated alkanes) is 2. The van der Waals surface area contributed by atoms with Crippen LogP contribution in [0.3, 0.4) is 0 Å². The van der Waals surface area contributed by atoms with E-state index in [1.165, 1.54) is 50.6 Å². The zero-order chi connectivity index (χ0) is 11.9. The number of hydrogen-bond donors (Lipinski definition) is 1. The first kappa shape index (κ1) is 12.6. The van der Waals surface area contributed by atoms with Crippen LogP contribution in [0.4, 0.5) is 0 Å². The molecule has 3 nitrogen and oxygen atoms in total. The van der Waals surface area contributed by atoms with Crippen LogP contribution in [0.5, 0.6) is 0 Å². The first-order chi connectivity index (χ1) is 8.40. The van der Waals surface area contributed by atoms with Gasteiger partial charge in [0.15, 0.2) is 0 Å². The van der Waals surface area contributed by atoms with Crippen molar-refractivity contribution in [3.05, 3.63) is 18.0 Å². The van der Waals surface area contributed by atoms with Gasteiger partial charge in [0.05, 0.1) is 11.7 Å². The number of nitrogens with one attached hydrogen (secondary N) is 1. The summed E-state index contributed by atoms with van der Waals surface area (Å²) in [6.45, 7) is 4.27. The van der Waals surface area contributed by atoms with Gasteiger partial charge in [0.2, 0.25) is 0 Å². The molecular weight excluding hydrogens is 210 g/mol. The second-order valence-electron chi connectivity index (χ2n) is 5.11. The third-order valence-corrected chi connectivity index (χ3v) is 3.63. The van der Waals surface area contributed by atoms with Crippen molar-refractivity contribution in [2.45, 2.75) is 64.5 Å². The standard InChI is InChI=1S/C14H25N3/c1-2-3-6-10-15-12-13-9-11-17(16-13)14-7-4-5-8-14/h9,11,14-15H,2-8,10,12H2,1H3. The summed E-state index contributed by atoms with van der Waals surface area (Å²) in [5.41, 5.74) is 1.19. The Balaban J connectivity index is 1.70. The highest BCUT2D eigenvalue weighted by Crippen LogP contribution is 2.28. The fourth-order valence-electron chi connectivity index (χ4n) is 2.56. The number of rotatable bonds is 7. The predicted molar refractivity (Wildman–Crippen MR) is 71.0 cm³/mol. The monoisotopic (exact) mass is 235 g/mol. The molecule has 2 rings (SSSR count). The largest absolute Gasteiger partial charge is 0.311 e. The molecule has 0 unspecified atom stereocenters. The van der Waals surface area contributed by atoms with E-state index in [4.69, 9.17) is 0 Å². The summed E-state index contributed by atoms with van der Waals surface area (Å²) in [5.74, 6) is 0. The van der Waals surface area contributed by atoms with Gasteiger partial charge >= 0.3 is 0 Å². The maximum atomic E-state index is 4.66. The van der Waals surface area contributed by atoms with E-state index in [9.17, 15) is 0 Å². The minimum absolute atomic E-state index is 0.670. The first-order valence-electron chi connectivity index (χ1n) is 7.15. The van der Waals surface area contributed by atoms with Crippen molar-refractivity contribution < 1.29 is 0 Å². The third-order valence-electron chi connectivity index (χ3n) is 3.63. The number of nitrogens with zero attached hydrogens (tertiary/aromatic N) is 2. The van der Waals surface area contributed by atoms with Gasteiger partial charge in [-0.3, -0.25) is 4.68 Å². The number of aromatic nitrogens is 2. The molecule has 0 aliphatic heterocycles. The Hall–Kier alpha value is -0.830. The average Bonchev–Trinajstić information content (AvgIpc) is 2.99. The Labute approximate surface area is 105 Å². The predicted octanol–water partition coefficient (Wildman–Crippen LogP) is 3.28. The summed E-state index contributed by atoms with van der Waals surface area (Å²) in [6, 6.07) is 2.83. The fraction of sp³-hybridized carbons (Fsp3) is 0.786. The molecule has 1 aromatic heterocycles. The molecule has 0 spiro atoms. The van der Waals surface area contributed by atoms with E-state index in [0.29, 0.717) is 6.04 Å². The minimum Gasteiger partial charge on any atom is -0.311 e. The molecule has 96 valence electrons. The van der Waals surface area contributed by atoms with Crippen molar-refractivity contribution in [3.63, 3.8) is 0 Å². The van der Waals surface area contributed by atoms with Crippen LogP contribution < -0.4 is 5.32 Å². The van der Waals surface area contributed by atoms with Crippen molar-refractivity contribution in [1.29, 1.82) is 0 Å². The highest BCUT2D eigenvalue weighted by molar-refractivity contribution is 4.99. The molecule has 0 atom stereocenters. The van der Waals surface area contributed by atoms with Crippen molar-refractivity contribution in [3.8, 4) is 0 Å². The van der Waals surface area contributed by atoms with Gasteiger partial charge in [-0.2, -0.15) is 5.10 Å². The van der Waals surface area contributed by atoms with E-state index in [1.807, 2.05) is 0 Å². The lowest BCUT2D eigenvalue weighted by molar-refractivity contribution is 0.460. The molecule has 0 aromatic carbocycles. The van der Waals surface area contributed by atoms with Gasteiger partial charge in [-0.1, -0.05) is 32.6 Å². The first-order valence-corrected chi connectivity index (χ1v) is 7.15. The smallest absolute Gasteiger partial charge is 0.0762 e. The van der Waals surface area contributed by atoms with Gasteiger partial charge in [-0.25, -0.2) is 0 Å². The van der Waals surface area contributed by atoms with Crippen molar-refractivity contribution >= 4 is 0 Å². The Bertz CT molecular complexity index is 313. The normalized spacial score (nSPS) is 16.8. The van der Waals surface area contributed by atoms with Crippen molar-refractivity contribution in [2.24, 2.45) is 0 Å². The van der Waals surface area contributed by atoms with Crippen LogP contribution in [0.25, 0.3) is 0 Å². The summed E-state index contributed by atoms with van der Waals surface area (Å²) in [6.07, 6.45) is 11.4. The van der Waals surface area contributed by atoms with E-state index >= 15 is 0 Å². The molecule has 1 aliphatic carbocycles. The molecular formula is C14H25N3. The second kappa shape index (κ2) is 6.80. The third kappa shape index (κ3) is 3.84. The number of hydrogen-bond acceptors (Lipinski definition) is 2. The molecule has 0 saturated heterocycles. The summed E-state index contributed by atoms with van der Waals surface area (Å²) < 4.78 is 2.18. The molecule has 1 saturated carbocycles. The van der Waals surface area contributed by atoms with Gasteiger partial charge in [-0.05, 0) is 31.9 Å². The minimum atomic E-state index is 0.670. The molecule has 1 N–H and O–H groups in total. The Kier molecular flexibility index (Phi) is 5.05. The van der Waals surface area contributed by atoms with E-state index in [0.717, 1.165) is 13.1 Å². The Morgan fingerprint density at radius 2 is 2.18 bits per heavy atom. The van der Waals surface area contributed by atoms with Gasteiger partial charge in [-0.15, -0.1) is 0 Å². The Morgan fingerprint density at radius 3 is 2.94 bits per heavy atom. The molecule has 0 amide bonds. The summed E-state index contributed by atoms with van der Waals surface area (Å²) >= 11 is 0. The highest BCUT2D eigenvalue weighted by Gasteiger charge is 2.17. The summed E-state index contributed by atoms with van der Waals surface area (Å²) in [4.78, 5) is 0. The maximum absolute atomic E-state index is 4.66. The molecule has 1 fully saturated rings. The van der Waals surface area contributed by atoms with Crippen LogP contribution in [0, 0.1) is 0 Å². The molecule has 17 heavy (non-hydrogen) atoms.